The zero-order chi connectivity index (χ0) is 24.3. The van der Waals surface area contributed by atoms with Crippen LogP contribution in [0.25, 0.3) is 0 Å². The minimum Gasteiger partial charge on any atom is -0.378 e. The lowest BCUT2D eigenvalue weighted by Crippen LogP contribution is -2.25. The summed E-state index contributed by atoms with van der Waals surface area (Å²) in [4.78, 5) is 0. The van der Waals surface area contributed by atoms with E-state index in [4.69, 9.17) is 4.74 Å². The molecule has 1 aromatic rings. The molecule has 3 aliphatic rings. The molecule has 1 heteroatoms. The fourth-order valence-electron chi connectivity index (χ4n) is 6.60. The Morgan fingerprint density at radius 3 is 2.29 bits per heavy atom. The predicted molar refractivity (Wildman–Crippen MR) is 151 cm³/mol. The molecule has 194 valence electrons. The largest absolute Gasteiger partial charge is 0.378 e. The van der Waals surface area contributed by atoms with Crippen LogP contribution in [-0.4, -0.2) is 12.7 Å². The van der Waals surface area contributed by atoms with Crippen molar-refractivity contribution in [1.29, 1.82) is 0 Å². The van der Waals surface area contributed by atoms with Crippen molar-refractivity contribution in [1.82, 2.24) is 0 Å². The highest BCUT2D eigenvalue weighted by Gasteiger charge is 2.22. The Bertz CT molecular complexity index is 758. The third kappa shape index (κ3) is 8.63. The van der Waals surface area contributed by atoms with E-state index in [1.807, 2.05) is 0 Å². The maximum Gasteiger partial charge on any atom is 0.0578 e. The summed E-state index contributed by atoms with van der Waals surface area (Å²) in [6.45, 7) is 5.57. The Labute approximate surface area is 216 Å². The monoisotopic (exact) mass is 476 g/mol. The normalized spacial score (nSPS) is 31.7. The van der Waals surface area contributed by atoms with Crippen molar-refractivity contribution < 1.29 is 4.74 Å². The van der Waals surface area contributed by atoms with Crippen molar-refractivity contribution in [2.75, 3.05) is 6.61 Å². The number of aryl methyl sites for hydroxylation is 1. The third-order valence-electron chi connectivity index (χ3n) is 9.33. The lowest BCUT2D eigenvalue weighted by atomic mass is 9.78. The van der Waals surface area contributed by atoms with Gasteiger partial charge in [-0.3, -0.25) is 0 Å². The van der Waals surface area contributed by atoms with Gasteiger partial charge in [0, 0.05) is 6.61 Å². The Kier molecular flexibility index (Phi) is 11.0. The molecule has 0 aromatic heterocycles. The van der Waals surface area contributed by atoms with Gasteiger partial charge in [-0.25, -0.2) is 0 Å². The van der Waals surface area contributed by atoms with Crippen molar-refractivity contribution in [3.8, 4) is 0 Å². The summed E-state index contributed by atoms with van der Waals surface area (Å²) >= 11 is 0. The zero-order valence-corrected chi connectivity index (χ0v) is 22.8. The molecular formula is C34H52O. The molecule has 4 unspecified atom stereocenters. The van der Waals surface area contributed by atoms with Crippen molar-refractivity contribution in [2.45, 2.75) is 122 Å². The second-order valence-corrected chi connectivity index (χ2v) is 12.0. The van der Waals surface area contributed by atoms with E-state index in [1.54, 1.807) is 5.56 Å². The summed E-state index contributed by atoms with van der Waals surface area (Å²) in [5.74, 6) is 3.90. The maximum atomic E-state index is 6.10. The van der Waals surface area contributed by atoms with Gasteiger partial charge in [0.1, 0.15) is 0 Å². The molecule has 1 heterocycles. The fourth-order valence-corrected chi connectivity index (χ4v) is 6.60. The molecule has 0 amide bonds. The van der Waals surface area contributed by atoms with Gasteiger partial charge in [-0.05, 0) is 111 Å². The van der Waals surface area contributed by atoms with Gasteiger partial charge in [0.2, 0.25) is 0 Å². The quantitative estimate of drug-likeness (QED) is 0.228. The van der Waals surface area contributed by atoms with E-state index in [0.717, 1.165) is 36.7 Å². The molecule has 1 saturated carbocycles. The lowest BCUT2D eigenvalue weighted by molar-refractivity contribution is -0.0202. The topological polar surface area (TPSA) is 9.23 Å². The predicted octanol–water partition coefficient (Wildman–Crippen LogP) is 9.82. The van der Waals surface area contributed by atoms with Crippen molar-refractivity contribution >= 4 is 0 Å². The smallest absolute Gasteiger partial charge is 0.0578 e. The molecule has 1 aromatic carbocycles. The molecule has 0 spiro atoms. The molecule has 1 aliphatic heterocycles. The van der Waals surface area contributed by atoms with Gasteiger partial charge in [0.05, 0.1) is 6.10 Å². The molecule has 0 N–H and O–H groups in total. The van der Waals surface area contributed by atoms with E-state index in [2.05, 4.69) is 62.4 Å². The zero-order valence-electron chi connectivity index (χ0n) is 22.8. The average Bonchev–Trinajstić information content (AvgIpc) is 2.92. The Balaban J connectivity index is 1.14. The first-order valence-electron chi connectivity index (χ1n) is 15.3. The van der Waals surface area contributed by atoms with Crippen LogP contribution in [-0.2, 0) is 11.2 Å². The molecule has 4 rings (SSSR count). The van der Waals surface area contributed by atoms with Gasteiger partial charge in [-0.1, -0.05) is 88.1 Å². The van der Waals surface area contributed by atoms with Crippen molar-refractivity contribution in [3.05, 3.63) is 59.7 Å². The summed E-state index contributed by atoms with van der Waals surface area (Å²) in [5.41, 5.74) is 3.06. The van der Waals surface area contributed by atoms with Crippen molar-refractivity contribution in [2.24, 2.45) is 23.7 Å². The fraction of sp³-hybridized carbons (Fsp3) is 0.706. The molecular weight excluding hydrogens is 424 g/mol. The minimum atomic E-state index is 0.483. The van der Waals surface area contributed by atoms with Crippen LogP contribution in [0.2, 0.25) is 0 Å². The molecule has 4 atom stereocenters. The van der Waals surface area contributed by atoms with Crippen LogP contribution in [0.1, 0.15) is 121 Å². The average molecular weight is 477 g/mol. The van der Waals surface area contributed by atoms with Crippen LogP contribution < -0.4 is 0 Å². The first-order chi connectivity index (χ1) is 17.2. The highest BCUT2D eigenvalue weighted by Crippen LogP contribution is 2.37. The summed E-state index contributed by atoms with van der Waals surface area (Å²) in [7, 11) is 0. The van der Waals surface area contributed by atoms with Crippen LogP contribution in [0, 0.1) is 23.7 Å². The molecule has 0 radical (unpaired) electrons. The van der Waals surface area contributed by atoms with Gasteiger partial charge >= 0.3 is 0 Å². The highest BCUT2D eigenvalue weighted by atomic mass is 16.5. The second-order valence-electron chi connectivity index (χ2n) is 12.0. The van der Waals surface area contributed by atoms with Crippen LogP contribution in [0.5, 0.6) is 0 Å². The highest BCUT2D eigenvalue weighted by molar-refractivity contribution is 5.26. The van der Waals surface area contributed by atoms with Crippen LogP contribution in [0.3, 0.4) is 0 Å². The molecule has 2 aliphatic carbocycles. The van der Waals surface area contributed by atoms with Gasteiger partial charge in [0.15, 0.2) is 0 Å². The van der Waals surface area contributed by atoms with Crippen LogP contribution in [0.4, 0.5) is 0 Å². The Hall–Kier alpha value is -1.34. The van der Waals surface area contributed by atoms with Gasteiger partial charge in [-0.15, -0.1) is 0 Å². The molecule has 1 nitrogen and oxygen atoms in total. The van der Waals surface area contributed by atoms with Crippen molar-refractivity contribution in [3.63, 3.8) is 0 Å². The Morgan fingerprint density at radius 2 is 1.63 bits per heavy atom. The summed E-state index contributed by atoms with van der Waals surface area (Å²) in [6.07, 6.45) is 30.6. The van der Waals surface area contributed by atoms with Gasteiger partial charge < -0.3 is 4.74 Å². The van der Waals surface area contributed by atoms with Gasteiger partial charge in [0.25, 0.3) is 0 Å². The number of rotatable bonds is 11. The van der Waals surface area contributed by atoms with E-state index < -0.39 is 0 Å². The number of allylic oxidation sites excluding steroid dienone is 4. The van der Waals surface area contributed by atoms with E-state index in [9.17, 15) is 0 Å². The molecule has 2 fully saturated rings. The summed E-state index contributed by atoms with van der Waals surface area (Å²) in [6, 6.07) is 9.64. The van der Waals surface area contributed by atoms with Crippen LogP contribution in [0.15, 0.2) is 48.6 Å². The summed E-state index contributed by atoms with van der Waals surface area (Å²) in [5, 5.41) is 0. The van der Waals surface area contributed by atoms with E-state index in [-0.39, 0.29) is 0 Å². The summed E-state index contributed by atoms with van der Waals surface area (Å²) < 4.78 is 6.10. The first kappa shape index (κ1) is 26.7. The molecule has 35 heavy (non-hydrogen) atoms. The van der Waals surface area contributed by atoms with E-state index >= 15 is 0 Å². The minimum absolute atomic E-state index is 0.483. The van der Waals surface area contributed by atoms with E-state index in [1.165, 1.54) is 95.5 Å². The molecule has 1 saturated heterocycles. The number of ether oxygens (including phenoxy) is 1. The SMILES string of the molecule is CCCCCC1C=CC(/C=C/C2CCC(c3ccc(CCC4CCC(CC)CO4)cc3)CC2)CC1. The van der Waals surface area contributed by atoms with E-state index in [0.29, 0.717) is 12.0 Å². The third-order valence-corrected chi connectivity index (χ3v) is 9.33. The maximum absolute atomic E-state index is 6.10. The number of hydrogen-bond acceptors (Lipinski definition) is 1. The number of benzene rings is 1. The molecule has 0 bridgehead atoms. The first-order valence-corrected chi connectivity index (χ1v) is 15.3. The lowest BCUT2D eigenvalue weighted by Gasteiger charge is -2.29. The van der Waals surface area contributed by atoms with Gasteiger partial charge in [-0.2, -0.15) is 0 Å². The number of unbranched alkanes of at least 4 members (excludes halogenated alkanes) is 2. The second kappa shape index (κ2) is 14.4. The standard InChI is InChI=1S/C34H52O/c1-3-5-6-7-28-8-10-29(11-9-28)12-13-30-14-20-32(21-15-30)33-22-16-31(17-23-33)19-25-34-24-18-27(4-2)26-35-34/h8,10,12-13,16-17,22-23,27-30,32,34H,3-7,9,11,14-15,18-21,24-26H2,1-2H3/b13-12+. The Morgan fingerprint density at radius 1 is 0.800 bits per heavy atom. The number of hydrogen-bond donors (Lipinski definition) is 0. The van der Waals surface area contributed by atoms with Crippen LogP contribution >= 0.6 is 0 Å².